The van der Waals surface area contributed by atoms with Crippen LogP contribution in [0.15, 0.2) is 17.3 Å². The predicted octanol–water partition coefficient (Wildman–Crippen LogP) is 2.43. The van der Waals surface area contributed by atoms with Gasteiger partial charge in [-0.15, -0.1) is 0 Å². The number of carbonyl (C=O) groups excluding carboxylic acids is 2. The van der Waals surface area contributed by atoms with Gasteiger partial charge in [0.2, 0.25) is 11.8 Å². The molecule has 6 N–H and O–H groups in total. The summed E-state index contributed by atoms with van der Waals surface area (Å²) >= 11 is 6.09. The number of allylic oxidation sites excluding steroid dienone is 1. The second-order valence-electron chi connectivity index (χ2n) is 12.1. The van der Waals surface area contributed by atoms with Crippen molar-refractivity contribution in [1.29, 1.82) is 0 Å². The van der Waals surface area contributed by atoms with Crippen LogP contribution in [0.4, 0.5) is 0 Å². The Hall–Kier alpha value is -3.64. The number of amides is 2. The third kappa shape index (κ3) is 6.96. The van der Waals surface area contributed by atoms with E-state index in [1.165, 1.54) is 0 Å². The number of hydrogen-bond acceptors (Lipinski definition) is 6. The standard InChI is InChI=1S/C33H40N4O6S2/c1-15-19(5-7-29(38)39)25(34-22(15)11-24-17(3)21(9-10-44)33(43)36-24)13-26-20(6-8-30(40)41)16(2)23(35-26)12-27-31(28-14-45-28)18(4)32(42)37-27/h9,11-13,17-18,24,28,31,34-35,44H,5-8,10,14H2,1-4H3,(H,36,43)(H,37,42)(H,38,39)(H,40,41)/b21-9+,22-11+,25-13+,27-12-/t17?,18-,24-,28+,31-/m1/s1. The number of carbonyl (C=O) groups is 4. The molecule has 2 aromatic heterocycles. The molecule has 5 rings (SSSR count). The van der Waals surface area contributed by atoms with E-state index in [1.807, 2.05) is 63.8 Å². The zero-order valence-corrected chi connectivity index (χ0v) is 27.5. The fraction of sp³-hybridized carbons (Fsp3) is 0.455. The van der Waals surface area contributed by atoms with Crippen LogP contribution in [0.1, 0.15) is 60.3 Å². The summed E-state index contributed by atoms with van der Waals surface area (Å²) in [5, 5.41) is 27.0. The average Bonchev–Trinajstić information content (AvgIpc) is 3.56. The van der Waals surface area contributed by atoms with Crippen molar-refractivity contribution in [2.75, 3.05) is 11.5 Å². The molecule has 2 aromatic rings. The summed E-state index contributed by atoms with van der Waals surface area (Å²) < 4.78 is 0. The van der Waals surface area contributed by atoms with Crippen LogP contribution in [0.25, 0.3) is 18.2 Å². The van der Waals surface area contributed by atoms with Gasteiger partial charge in [-0.05, 0) is 67.2 Å². The molecule has 0 spiro atoms. The smallest absolute Gasteiger partial charge is 0.303 e. The minimum absolute atomic E-state index is 0.00978. The summed E-state index contributed by atoms with van der Waals surface area (Å²) in [6.45, 7) is 7.82. The molecule has 1 unspecified atom stereocenters. The van der Waals surface area contributed by atoms with Gasteiger partial charge in [0.05, 0.1) is 6.04 Å². The van der Waals surface area contributed by atoms with Crippen molar-refractivity contribution in [2.45, 2.75) is 64.7 Å². The fourth-order valence-electron chi connectivity index (χ4n) is 6.51. The molecule has 3 aliphatic heterocycles. The van der Waals surface area contributed by atoms with E-state index in [1.54, 1.807) is 0 Å². The summed E-state index contributed by atoms with van der Waals surface area (Å²) in [5.41, 5.74) is 6.56. The molecular formula is C33H40N4O6S2. The van der Waals surface area contributed by atoms with Gasteiger partial charge in [0, 0.05) is 80.7 Å². The molecule has 240 valence electrons. The average molecular weight is 653 g/mol. The number of thiol groups is 1. The number of carboxylic acids is 2. The highest BCUT2D eigenvalue weighted by Gasteiger charge is 2.45. The van der Waals surface area contributed by atoms with Gasteiger partial charge in [0.25, 0.3) is 0 Å². The maximum Gasteiger partial charge on any atom is 0.303 e. The van der Waals surface area contributed by atoms with Gasteiger partial charge < -0.3 is 30.8 Å². The largest absolute Gasteiger partial charge is 0.481 e. The number of thioether (sulfide) groups is 1. The molecule has 45 heavy (non-hydrogen) atoms. The van der Waals surface area contributed by atoms with E-state index in [0.717, 1.165) is 55.8 Å². The molecular weight excluding hydrogens is 613 g/mol. The molecule has 0 bridgehead atoms. The number of nitrogens with one attached hydrogen (secondary N) is 4. The predicted molar refractivity (Wildman–Crippen MR) is 178 cm³/mol. The maximum atomic E-state index is 12.6. The van der Waals surface area contributed by atoms with Crippen LogP contribution in [0, 0.1) is 31.6 Å². The van der Waals surface area contributed by atoms with Crippen LogP contribution in [0.3, 0.4) is 0 Å². The van der Waals surface area contributed by atoms with Crippen LogP contribution in [0.2, 0.25) is 0 Å². The molecule has 10 nitrogen and oxygen atoms in total. The highest BCUT2D eigenvalue weighted by molar-refractivity contribution is 8.06. The van der Waals surface area contributed by atoms with Crippen molar-refractivity contribution in [1.82, 2.24) is 20.6 Å². The molecule has 3 aliphatic rings. The molecule has 3 saturated heterocycles. The summed E-state index contributed by atoms with van der Waals surface area (Å²) in [7, 11) is 0. The lowest BCUT2D eigenvalue weighted by Gasteiger charge is -2.12. The second kappa shape index (κ2) is 13.4. The topological polar surface area (TPSA) is 164 Å². The van der Waals surface area contributed by atoms with Crippen LogP contribution in [0.5, 0.6) is 0 Å². The number of aromatic nitrogens is 2. The Morgan fingerprint density at radius 1 is 0.933 bits per heavy atom. The Morgan fingerprint density at radius 3 is 2.22 bits per heavy atom. The minimum Gasteiger partial charge on any atom is -0.481 e. The Bertz CT molecular complexity index is 1730. The van der Waals surface area contributed by atoms with E-state index in [-0.39, 0.29) is 48.5 Å². The third-order valence-corrected chi connectivity index (χ3v) is 10.4. The van der Waals surface area contributed by atoms with E-state index in [0.29, 0.717) is 29.4 Å². The van der Waals surface area contributed by atoms with Gasteiger partial charge in [-0.25, -0.2) is 0 Å². The van der Waals surface area contributed by atoms with Crippen LogP contribution < -0.4 is 21.3 Å². The lowest BCUT2D eigenvalue weighted by molar-refractivity contribution is -0.138. The maximum absolute atomic E-state index is 12.6. The van der Waals surface area contributed by atoms with Crippen LogP contribution >= 0.6 is 24.4 Å². The molecule has 3 fully saturated rings. The van der Waals surface area contributed by atoms with E-state index >= 15 is 0 Å². The summed E-state index contributed by atoms with van der Waals surface area (Å²) in [4.78, 5) is 55.2. The van der Waals surface area contributed by atoms with E-state index < -0.39 is 11.9 Å². The number of aliphatic carboxylic acids is 2. The van der Waals surface area contributed by atoms with Gasteiger partial charge >= 0.3 is 11.9 Å². The molecule has 5 atom stereocenters. The Morgan fingerprint density at radius 2 is 1.60 bits per heavy atom. The van der Waals surface area contributed by atoms with Gasteiger partial charge in [-0.2, -0.15) is 24.4 Å². The molecule has 0 radical (unpaired) electrons. The van der Waals surface area contributed by atoms with Crippen molar-refractivity contribution in [3.63, 3.8) is 0 Å². The Kier molecular flexibility index (Phi) is 9.74. The van der Waals surface area contributed by atoms with Crippen molar-refractivity contribution >= 4 is 66.4 Å². The minimum atomic E-state index is -0.909. The van der Waals surface area contributed by atoms with Crippen molar-refractivity contribution in [3.8, 4) is 0 Å². The van der Waals surface area contributed by atoms with Gasteiger partial charge in [-0.3, -0.25) is 19.2 Å². The van der Waals surface area contributed by atoms with E-state index in [2.05, 4.69) is 33.2 Å². The summed E-state index contributed by atoms with van der Waals surface area (Å²) in [5.74, 6) is -0.520. The highest BCUT2D eigenvalue weighted by atomic mass is 32.2. The third-order valence-electron chi connectivity index (χ3n) is 9.25. The summed E-state index contributed by atoms with van der Waals surface area (Å²) in [6.07, 6.45) is 8.16. The second-order valence-corrected chi connectivity index (χ2v) is 13.8. The van der Waals surface area contributed by atoms with E-state index in [9.17, 15) is 29.4 Å². The van der Waals surface area contributed by atoms with Gasteiger partial charge in [0.1, 0.15) is 0 Å². The molecule has 0 saturated carbocycles. The molecule has 2 amide bonds. The lowest BCUT2D eigenvalue weighted by atomic mass is 9.91. The normalized spacial score (nSPS) is 27.1. The molecule has 12 heteroatoms. The zero-order valence-electron chi connectivity index (χ0n) is 25.8. The van der Waals surface area contributed by atoms with Crippen molar-refractivity contribution in [3.05, 3.63) is 61.7 Å². The number of hydrogen-bond donors (Lipinski definition) is 7. The molecule has 5 heterocycles. The molecule has 0 aromatic carbocycles. The lowest BCUT2D eigenvalue weighted by Crippen LogP contribution is -2.28. The number of H-pyrrole nitrogens is 2. The quantitative estimate of drug-likeness (QED) is 0.111. The fourth-order valence-corrected chi connectivity index (χ4v) is 7.62. The number of aromatic amines is 2. The Labute approximate surface area is 271 Å². The van der Waals surface area contributed by atoms with E-state index in [4.69, 9.17) is 0 Å². The van der Waals surface area contributed by atoms with Crippen LogP contribution in [-0.4, -0.2) is 66.7 Å². The first-order chi connectivity index (χ1) is 21.4. The monoisotopic (exact) mass is 652 g/mol. The number of carboxylic acid groups (broad SMARTS) is 2. The number of rotatable bonds is 11. The SMILES string of the molecule is Cc1c(/C=C2\NC(=O)[C@H](C)[C@H]2[C@@H]2CS2)[nH]c(/C=c2/[nH]/c(=C/[C@H]3NC(=O)/C(=C/CS)C3C)c(C)c2CCC(=O)O)c1CCC(=O)O. The first-order valence-electron chi connectivity index (χ1n) is 15.2. The zero-order chi connectivity index (χ0) is 32.6. The first kappa shape index (κ1) is 32.7. The van der Waals surface area contributed by atoms with Gasteiger partial charge in [0.15, 0.2) is 0 Å². The molecule has 0 aliphatic carbocycles. The summed E-state index contributed by atoms with van der Waals surface area (Å²) in [6, 6.07) is -0.250. The van der Waals surface area contributed by atoms with Crippen molar-refractivity contribution < 1.29 is 29.4 Å². The first-order valence-corrected chi connectivity index (χ1v) is 16.9. The van der Waals surface area contributed by atoms with Gasteiger partial charge in [-0.1, -0.05) is 19.9 Å². The Balaban J connectivity index is 1.62. The van der Waals surface area contributed by atoms with Crippen molar-refractivity contribution in [2.24, 2.45) is 17.8 Å². The highest BCUT2D eigenvalue weighted by Crippen LogP contribution is 2.46. The van der Waals surface area contributed by atoms with Crippen LogP contribution in [-0.2, 0) is 32.0 Å².